The first-order chi connectivity index (χ1) is 16.0. The summed E-state index contributed by atoms with van der Waals surface area (Å²) in [6.07, 6.45) is 6.74. The van der Waals surface area contributed by atoms with Gasteiger partial charge in [-0.3, -0.25) is 4.79 Å². The summed E-state index contributed by atoms with van der Waals surface area (Å²) in [5, 5.41) is 10.4. The van der Waals surface area contributed by atoms with Gasteiger partial charge in [0.1, 0.15) is 5.82 Å². The number of thioether (sulfide) groups is 1. The molecule has 3 atom stereocenters. The molecular formula is C29H25FO2S. The summed E-state index contributed by atoms with van der Waals surface area (Å²) in [5.74, 6) is -2.53. The van der Waals surface area contributed by atoms with Crippen LogP contribution in [-0.2, 0) is 11.2 Å². The number of carboxylic acid groups (broad SMARTS) is 1. The van der Waals surface area contributed by atoms with Gasteiger partial charge in [-0.25, -0.2) is 4.39 Å². The predicted octanol–water partition coefficient (Wildman–Crippen LogP) is 7.17. The fourth-order valence-electron chi connectivity index (χ4n) is 5.44. The monoisotopic (exact) mass is 456 g/mol. The highest BCUT2D eigenvalue weighted by Gasteiger charge is 2.43. The molecule has 0 aromatic heterocycles. The van der Waals surface area contributed by atoms with Crippen molar-refractivity contribution in [3.05, 3.63) is 112 Å². The van der Waals surface area contributed by atoms with E-state index in [0.717, 1.165) is 39.0 Å². The lowest BCUT2D eigenvalue weighted by Crippen LogP contribution is -2.27. The molecule has 166 valence electrons. The van der Waals surface area contributed by atoms with E-state index in [9.17, 15) is 14.3 Å². The third-order valence-corrected chi connectivity index (χ3v) is 7.77. The maximum atomic E-state index is 14.4. The number of allylic oxidation sites excluding steroid dienone is 3. The lowest BCUT2D eigenvalue weighted by atomic mass is 9.74. The number of hydrogen-bond acceptors (Lipinski definition) is 2. The molecule has 0 fully saturated rings. The number of fused-ring (bicyclic) bond motifs is 2. The second-order valence-corrected chi connectivity index (χ2v) is 9.65. The van der Waals surface area contributed by atoms with Crippen LogP contribution in [0.2, 0.25) is 0 Å². The molecule has 3 aromatic rings. The molecule has 5 rings (SSSR count). The van der Waals surface area contributed by atoms with Crippen LogP contribution in [0.1, 0.15) is 46.6 Å². The molecule has 2 nitrogen and oxygen atoms in total. The normalized spacial score (nSPS) is 19.5. The molecule has 2 aliphatic rings. The van der Waals surface area contributed by atoms with Crippen molar-refractivity contribution in [2.75, 3.05) is 6.26 Å². The van der Waals surface area contributed by atoms with Crippen molar-refractivity contribution in [2.24, 2.45) is 5.92 Å². The van der Waals surface area contributed by atoms with Gasteiger partial charge in [0, 0.05) is 16.7 Å². The summed E-state index contributed by atoms with van der Waals surface area (Å²) >= 11 is 1.70. The third-order valence-electron chi connectivity index (χ3n) is 7.03. The van der Waals surface area contributed by atoms with Gasteiger partial charge in [-0.1, -0.05) is 60.2 Å². The van der Waals surface area contributed by atoms with Crippen molar-refractivity contribution in [3.63, 3.8) is 0 Å². The molecule has 0 bridgehead atoms. The Labute approximate surface area is 197 Å². The van der Waals surface area contributed by atoms with E-state index in [-0.39, 0.29) is 17.7 Å². The molecule has 0 heterocycles. The molecule has 3 unspecified atom stereocenters. The van der Waals surface area contributed by atoms with Crippen LogP contribution < -0.4 is 0 Å². The van der Waals surface area contributed by atoms with Gasteiger partial charge in [0.05, 0.1) is 5.92 Å². The van der Waals surface area contributed by atoms with E-state index in [0.29, 0.717) is 6.42 Å². The van der Waals surface area contributed by atoms with Gasteiger partial charge in [0.25, 0.3) is 0 Å². The molecule has 0 aliphatic heterocycles. The minimum absolute atomic E-state index is 0.255. The Hall–Kier alpha value is -3.11. The first kappa shape index (κ1) is 21.7. The summed E-state index contributed by atoms with van der Waals surface area (Å²) < 4.78 is 14.4. The molecular weight excluding hydrogens is 431 g/mol. The highest BCUT2D eigenvalue weighted by molar-refractivity contribution is 7.98. The van der Waals surface area contributed by atoms with Crippen molar-refractivity contribution in [2.45, 2.75) is 30.1 Å². The first-order valence-corrected chi connectivity index (χ1v) is 12.3. The number of carbonyl (C=O) groups is 1. The first-order valence-electron chi connectivity index (χ1n) is 11.1. The van der Waals surface area contributed by atoms with Gasteiger partial charge in [0.2, 0.25) is 0 Å². The number of benzene rings is 3. The Balaban J connectivity index is 1.60. The minimum Gasteiger partial charge on any atom is -0.481 e. The summed E-state index contributed by atoms with van der Waals surface area (Å²) in [7, 11) is 0. The van der Waals surface area contributed by atoms with Crippen LogP contribution >= 0.6 is 11.8 Å². The largest absolute Gasteiger partial charge is 0.481 e. The molecule has 4 heteroatoms. The highest BCUT2D eigenvalue weighted by atomic mass is 32.2. The van der Waals surface area contributed by atoms with Crippen molar-refractivity contribution in [1.82, 2.24) is 0 Å². The van der Waals surface area contributed by atoms with Gasteiger partial charge in [-0.2, -0.15) is 0 Å². The molecule has 2 aliphatic carbocycles. The smallest absolute Gasteiger partial charge is 0.308 e. The summed E-state index contributed by atoms with van der Waals surface area (Å²) in [5.41, 5.74) is 7.13. The van der Waals surface area contributed by atoms with Crippen LogP contribution in [0.5, 0.6) is 0 Å². The van der Waals surface area contributed by atoms with E-state index < -0.39 is 11.9 Å². The SMILES string of the molecule is CSc1ccc(CC2=C(C)C(C(C(=O)O)C3C=Cc4ccccc43)c3cc(F)ccc32)cc1. The van der Waals surface area contributed by atoms with Crippen molar-refractivity contribution in [1.29, 1.82) is 0 Å². The lowest BCUT2D eigenvalue weighted by Gasteiger charge is -2.28. The van der Waals surface area contributed by atoms with Crippen LogP contribution in [-0.4, -0.2) is 17.3 Å². The van der Waals surface area contributed by atoms with Crippen molar-refractivity contribution >= 4 is 29.4 Å². The summed E-state index contributed by atoms with van der Waals surface area (Å²) in [4.78, 5) is 13.9. The molecule has 0 amide bonds. The second-order valence-electron chi connectivity index (χ2n) is 8.77. The number of rotatable bonds is 6. The van der Waals surface area contributed by atoms with Crippen LogP contribution in [0.4, 0.5) is 4.39 Å². The standard InChI is InChI=1S/C29H25FO2S/c1-17-25(15-18-7-11-21(33-2)12-8-18)23-14-10-20(30)16-26(23)27(17)28(29(31)32)24-13-9-19-5-3-4-6-22(19)24/h3-14,16,24,27-28H,15H2,1-2H3,(H,31,32). The molecule has 0 saturated carbocycles. The zero-order valence-corrected chi connectivity index (χ0v) is 19.4. The van der Waals surface area contributed by atoms with E-state index in [2.05, 4.69) is 30.5 Å². The van der Waals surface area contributed by atoms with Crippen LogP contribution in [0, 0.1) is 11.7 Å². The van der Waals surface area contributed by atoms with E-state index in [1.54, 1.807) is 11.8 Å². The van der Waals surface area contributed by atoms with Gasteiger partial charge < -0.3 is 5.11 Å². The second kappa shape index (κ2) is 8.68. The lowest BCUT2D eigenvalue weighted by molar-refractivity contribution is -0.142. The summed E-state index contributed by atoms with van der Waals surface area (Å²) in [6.45, 7) is 2.02. The van der Waals surface area contributed by atoms with Crippen LogP contribution in [0.15, 0.2) is 83.3 Å². The number of hydrogen-bond donors (Lipinski definition) is 1. The Morgan fingerprint density at radius 1 is 1.06 bits per heavy atom. The maximum absolute atomic E-state index is 14.4. The third kappa shape index (κ3) is 3.83. The topological polar surface area (TPSA) is 37.3 Å². The fourth-order valence-corrected chi connectivity index (χ4v) is 5.85. The zero-order chi connectivity index (χ0) is 23.1. The molecule has 1 N–H and O–H groups in total. The Morgan fingerprint density at radius 3 is 2.55 bits per heavy atom. The van der Waals surface area contributed by atoms with Gasteiger partial charge >= 0.3 is 5.97 Å². The Bertz CT molecular complexity index is 1290. The average molecular weight is 457 g/mol. The molecule has 3 aromatic carbocycles. The van der Waals surface area contributed by atoms with E-state index in [1.165, 1.54) is 17.0 Å². The highest BCUT2D eigenvalue weighted by Crippen LogP contribution is 2.52. The Kier molecular flexibility index (Phi) is 5.71. The van der Waals surface area contributed by atoms with Crippen LogP contribution in [0.3, 0.4) is 0 Å². The fraction of sp³-hybridized carbons (Fsp3) is 0.207. The zero-order valence-electron chi connectivity index (χ0n) is 18.6. The molecule has 0 saturated heterocycles. The quantitative estimate of drug-likeness (QED) is 0.400. The summed E-state index contributed by atoms with van der Waals surface area (Å²) in [6, 6.07) is 21.2. The predicted molar refractivity (Wildman–Crippen MR) is 133 cm³/mol. The number of aliphatic carboxylic acids is 1. The van der Waals surface area contributed by atoms with E-state index >= 15 is 0 Å². The van der Waals surface area contributed by atoms with Crippen molar-refractivity contribution < 1.29 is 14.3 Å². The maximum Gasteiger partial charge on any atom is 0.308 e. The van der Waals surface area contributed by atoms with Crippen LogP contribution in [0.25, 0.3) is 11.6 Å². The number of halogens is 1. The van der Waals surface area contributed by atoms with Gasteiger partial charge in [-0.15, -0.1) is 11.8 Å². The number of carboxylic acids is 1. The minimum atomic E-state index is -0.855. The molecule has 0 radical (unpaired) electrons. The molecule has 33 heavy (non-hydrogen) atoms. The van der Waals surface area contributed by atoms with Gasteiger partial charge in [0.15, 0.2) is 0 Å². The van der Waals surface area contributed by atoms with E-state index in [4.69, 9.17) is 0 Å². The average Bonchev–Trinajstić information content (AvgIpc) is 3.35. The van der Waals surface area contributed by atoms with Crippen molar-refractivity contribution in [3.8, 4) is 0 Å². The van der Waals surface area contributed by atoms with E-state index in [1.807, 2.05) is 49.4 Å². The van der Waals surface area contributed by atoms with Gasteiger partial charge in [-0.05, 0) is 77.3 Å². The molecule has 0 spiro atoms. The Morgan fingerprint density at radius 2 is 1.82 bits per heavy atom.